The average molecular weight is 235 g/mol. The van der Waals surface area contributed by atoms with Crippen LogP contribution in [0.15, 0.2) is 18.2 Å². The number of hydrogen-bond acceptors (Lipinski definition) is 4. The van der Waals surface area contributed by atoms with Crippen LogP contribution in [-0.2, 0) is 4.74 Å². The number of nitrogens with one attached hydrogen (secondary N) is 1. The summed E-state index contributed by atoms with van der Waals surface area (Å²) in [5.41, 5.74) is 0.482. The zero-order chi connectivity index (χ0) is 12.7. The van der Waals surface area contributed by atoms with Gasteiger partial charge >= 0.3 is 6.09 Å². The summed E-state index contributed by atoms with van der Waals surface area (Å²) in [4.78, 5) is 11.3. The summed E-state index contributed by atoms with van der Waals surface area (Å²) in [7, 11) is 3.04. The van der Waals surface area contributed by atoms with Crippen molar-refractivity contribution < 1.29 is 19.0 Å². The lowest BCUT2D eigenvalue weighted by Crippen LogP contribution is -2.14. The van der Waals surface area contributed by atoms with Crippen molar-refractivity contribution in [2.45, 2.75) is 0 Å². The number of carbonyl (C=O) groups is 1. The molecule has 1 aromatic carbocycles. The number of carbonyl (C=O) groups excluding carboxylic acids is 1. The van der Waals surface area contributed by atoms with Crippen molar-refractivity contribution in [1.82, 2.24) is 0 Å². The number of methoxy groups -OCH3 is 2. The first-order valence-electron chi connectivity index (χ1n) is 4.80. The van der Waals surface area contributed by atoms with Gasteiger partial charge in [-0.1, -0.05) is 5.92 Å². The number of hydrogen-bond donors (Lipinski definition) is 1. The molecule has 5 heteroatoms. The van der Waals surface area contributed by atoms with Crippen molar-refractivity contribution in [2.24, 2.45) is 0 Å². The van der Waals surface area contributed by atoms with Gasteiger partial charge in [0.15, 0.2) is 6.61 Å². The molecule has 0 bridgehead atoms. The van der Waals surface area contributed by atoms with E-state index in [2.05, 4.69) is 16.0 Å². The Morgan fingerprint density at radius 1 is 1.41 bits per heavy atom. The zero-order valence-electron chi connectivity index (χ0n) is 9.65. The molecule has 0 aliphatic rings. The van der Waals surface area contributed by atoms with Crippen molar-refractivity contribution in [2.75, 3.05) is 26.1 Å². The number of ether oxygens (including phenoxy) is 3. The predicted molar refractivity (Wildman–Crippen MR) is 63.3 cm³/mol. The number of rotatable bonds is 4. The Kier molecular flexibility index (Phi) is 4.70. The molecule has 1 aromatic rings. The van der Waals surface area contributed by atoms with Gasteiger partial charge in [-0.2, -0.15) is 0 Å². The van der Waals surface area contributed by atoms with Crippen LogP contribution in [0.1, 0.15) is 0 Å². The molecule has 0 aliphatic heterocycles. The van der Waals surface area contributed by atoms with Crippen LogP contribution in [0, 0.1) is 12.3 Å². The molecule has 1 rings (SSSR count). The largest absolute Gasteiger partial charge is 0.497 e. The molecule has 0 saturated carbocycles. The van der Waals surface area contributed by atoms with Gasteiger partial charge < -0.3 is 14.2 Å². The minimum atomic E-state index is -0.633. The lowest BCUT2D eigenvalue weighted by Gasteiger charge is -2.11. The third-order valence-electron chi connectivity index (χ3n) is 1.93. The minimum Gasteiger partial charge on any atom is -0.497 e. The molecule has 0 fully saturated rings. The third kappa shape index (κ3) is 3.61. The van der Waals surface area contributed by atoms with Gasteiger partial charge in [0.25, 0.3) is 0 Å². The first-order valence-corrected chi connectivity index (χ1v) is 4.80. The first-order chi connectivity index (χ1) is 8.21. The summed E-state index contributed by atoms with van der Waals surface area (Å²) in [6, 6.07) is 4.99. The summed E-state index contributed by atoms with van der Waals surface area (Å²) in [5.74, 6) is 3.30. The molecule has 0 aliphatic carbocycles. The molecule has 0 aromatic heterocycles. The van der Waals surface area contributed by atoms with Crippen molar-refractivity contribution in [3.63, 3.8) is 0 Å². The SMILES string of the molecule is C#CCOC(=O)Nc1ccc(OC)cc1OC. The molecule has 90 valence electrons. The fourth-order valence-corrected chi connectivity index (χ4v) is 1.16. The van der Waals surface area contributed by atoms with Gasteiger partial charge in [-0.25, -0.2) is 4.79 Å². The van der Waals surface area contributed by atoms with Crippen LogP contribution in [0.3, 0.4) is 0 Å². The maximum Gasteiger partial charge on any atom is 0.412 e. The van der Waals surface area contributed by atoms with Crippen LogP contribution < -0.4 is 14.8 Å². The van der Waals surface area contributed by atoms with Gasteiger partial charge in [-0.05, 0) is 12.1 Å². The van der Waals surface area contributed by atoms with Gasteiger partial charge in [0.1, 0.15) is 11.5 Å². The Labute approximate surface area is 99.7 Å². The van der Waals surface area contributed by atoms with Gasteiger partial charge in [-0.3, -0.25) is 5.32 Å². The highest BCUT2D eigenvalue weighted by Crippen LogP contribution is 2.28. The molecular weight excluding hydrogens is 222 g/mol. The van der Waals surface area contributed by atoms with Crippen LogP contribution in [0.2, 0.25) is 0 Å². The maximum absolute atomic E-state index is 11.3. The van der Waals surface area contributed by atoms with Crippen molar-refractivity contribution in [1.29, 1.82) is 0 Å². The Hall–Kier alpha value is -2.35. The molecule has 5 nitrogen and oxygen atoms in total. The van der Waals surface area contributed by atoms with Gasteiger partial charge in [-0.15, -0.1) is 6.42 Å². The van der Waals surface area contributed by atoms with E-state index < -0.39 is 6.09 Å². The summed E-state index contributed by atoms with van der Waals surface area (Å²) in [5, 5.41) is 2.51. The molecule has 0 heterocycles. The molecule has 1 N–H and O–H groups in total. The second-order valence-electron chi connectivity index (χ2n) is 2.97. The summed E-state index contributed by atoms with van der Waals surface area (Å²) in [6.45, 7) is -0.0791. The van der Waals surface area contributed by atoms with Crippen molar-refractivity contribution in [3.05, 3.63) is 18.2 Å². The molecule has 0 spiro atoms. The fourth-order valence-electron chi connectivity index (χ4n) is 1.16. The van der Waals surface area contributed by atoms with Gasteiger partial charge in [0.05, 0.1) is 19.9 Å². The molecule has 0 radical (unpaired) electrons. The Bertz CT molecular complexity index is 437. The van der Waals surface area contributed by atoms with Crippen LogP contribution in [0.4, 0.5) is 10.5 Å². The van der Waals surface area contributed by atoms with E-state index in [0.717, 1.165) is 0 Å². The summed E-state index contributed by atoms with van der Waals surface area (Å²) < 4.78 is 14.8. The fraction of sp³-hybridized carbons (Fsp3) is 0.250. The monoisotopic (exact) mass is 235 g/mol. The first kappa shape index (κ1) is 12.7. The Morgan fingerprint density at radius 3 is 2.76 bits per heavy atom. The summed E-state index contributed by atoms with van der Waals surface area (Å²) >= 11 is 0. The lowest BCUT2D eigenvalue weighted by molar-refractivity contribution is 0.176. The second-order valence-corrected chi connectivity index (χ2v) is 2.97. The minimum absolute atomic E-state index is 0.0791. The highest BCUT2D eigenvalue weighted by Gasteiger charge is 2.08. The normalized spacial score (nSPS) is 9.00. The number of terminal acetylenes is 1. The van der Waals surface area contributed by atoms with E-state index in [9.17, 15) is 4.79 Å². The standard InChI is InChI=1S/C12H13NO4/c1-4-7-17-12(14)13-10-6-5-9(15-2)8-11(10)16-3/h1,5-6,8H,7H2,2-3H3,(H,13,14). The highest BCUT2D eigenvalue weighted by molar-refractivity contribution is 5.87. The zero-order valence-corrected chi connectivity index (χ0v) is 9.65. The molecule has 1 amide bonds. The van der Waals surface area contributed by atoms with E-state index in [4.69, 9.17) is 15.9 Å². The molecular formula is C12H13NO4. The van der Waals surface area contributed by atoms with E-state index in [0.29, 0.717) is 17.2 Å². The Balaban J connectivity index is 2.77. The topological polar surface area (TPSA) is 56.8 Å². The average Bonchev–Trinajstić information content (AvgIpc) is 2.36. The third-order valence-corrected chi connectivity index (χ3v) is 1.93. The molecule has 0 saturated heterocycles. The quantitative estimate of drug-likeness (QED) is 0.809. The number of benzene rings is 1. The van der Waals surface area contributed by atoms with E-state index in [1.54, 1.807) is 25.3 Å². The van der Waals surface area contributed by atoms with Crippen LogP contribution in [-0.4, -0.2) is 26.9 Å². The Morgan fingerprint density at radius 2 is 2.18 bits per heavy atom. The smallest absolute Gasteiger partial charge is 0.412 e. The molecule has 17 heavy (non-hydrogen) atoms. The van der Waals surface area contributed by atoms with Gasteiger partial charge in [0, 0.05) is 6.07 Å². The number of amides is 1. The van der Waals surface area contributed by atoms with Crippen LogP contribution >= 0.6 is 0 Å². The highest BCUT2D eigenvalue weighted by atomic mass is 16.5. The van der Waals surface area contributed by atoms with E-state index in [1.165, 1.54) is 7.11 Å². The maximum atomic E-state index is 11.3. The second kappa shape index (κ2) is 6.28. The van der Waals surface area contributed by atoms with E-state index in [1.807, 2.05) is 0 Å². The van der Waals surface area contributed by atoms with E-state index >= 15 is 0 Å². The van der Waals surface area contributed by atoms with E-state index in [-0.39, 0.29) is 6.61 Å². The predicted octanol–water partition coefficient (Wildman–Crippen LogP) is 1.89. The summed E-state index contributed by atoms with van der Waals surface area (Å²) in [6.07, 6.45) is 4.33. The lowest BCUT2D eigenvalue weighted by atomic mass is 10.3. The molecule has 0 unspecified atom stereocenters. The van der Waals surface area contributed by atoms with Gasteiger partial charge in [0.2, 0.25) is 0 Å². The molecule has 0 atom stereocenters. The van der Waals surface area contributed by atoms with Crippen LogP contribution in [0.25, 0.3) is 0 Å². The number of anilines is 1. The van der Waals surface area contributed by atoms with Crippen molar-refractivity contribution in [3.8, 4) is 23.8 Å². The van der Waals surface area contributed by atoms with Crippen molar-refractivity contribution >= 4 is 11.8 Å². The van der Waals surface area contributed by atoms with Crippen LogP contribution in [0.5, 0.6) is 11.5 Å².